The molecule has 144 valence electrons. The van der Waals surface area contributed by atoms with Crippen molar-refractivity contribution in [2.24, 2.45) is 0 Å². The van der Waals surface area contributed by atoms with E-state index in [0.717, 1.165) is 21.1 Å². The molecule has 0 aliphatic carbocycles. The summed E-state index contributed by atoms with van der Waals surface area (Å²) in [5, 5.41) is 3.38. The molecular formula is C20H17FN2O3S2. The van der Waals surface area contributed by atoms with Gasteiger partial charge in [0, 0.05) is 22.4 Å². The molecule has 0 bridgehead atoms. The molecule has 1 N–H and O–H groups in total. The quantitative estimate of drug-likeness (QED) is 0.605. The Balaban J connectivity index is 1.29. The fourth-order valence-electron chi connectivity index (χ4n) is 2.67. The van der Waals surface area contributed by atoms with E-state index in [0.29, 0.717) is 30.5 Å². The van der Waals surface area contributed by atoms with E-state index < -0.39 is 0 Å². The highest BCUT2D eigenvalue weighted by molar-refractivity contribution is 8.00. The van der Waals surface area contributed by atoms with Crippen LogP contribution in [-0.2, 0) is 11.2 Å². The van der Waals surface area contributed by atoms with Crippen molar-refractivity contribution in [3.05, 3.63) is 64.9 Å². The van der Waals surface area contributed by atoms with Crippen molar-refractivity contribution in [3.63, 3.8) is 0 Å². The second-order valence-corrected chi connectivity index (χ2v) is 8.24. The summed E-state index contributed by atoms with van der Waals surface area (Å²) < 4.78 is 24.0. The molecule has 5 nitrogen and oxygen atoms in total. The van der Waals surface area contributed by atoms with Gasteiger partial charge in [0.1, 0.15) is 19.0 Å². The monoisotopic (exact) mass is 416 g/mol. The Labute approximate surface area is 169 Å². The molecular weight excluding hydrogens is 399 g/mol. The van der Waals surface area contributed by atoms with Gasteiger partial charge < -0.3 is 14.8 Å². The molecule has 0 spiro atoms. The molecule has 8 heteroatoms. The molecule has 0 atom stereocenters. The van der Waals surface area contributed by atoms with Gasteiger partial charge in [0.2, 0.25) is 5.91 Å². The third kappa shape index (κ3) is 4.82. The van der Waals surface area contributed by atoms with Gasteiger partial charge in [-0.3, -0.25) is 4.79 Å². The predicted molar refractivity (Wildman–Crippen MR) is 108 cm³/mol. The van der Waals surface area contributed by atoms with Crippen LogP contribution >= 0.6 is 23.1 Å². The Hall–Kier alpha value is -2.58. The average Bonchev–Trinajstić information content (AvgIpc) is 3.14. The molecule has 1 aliphatic heterocycles. The molecule has 3 aromatic rings. The molecule has 0 unspecified atom stereocenters. The standard InChI is InChI=1S/C20H17FN2O3S2/c21-14-3-1-13(2-4-14)9-16-11-22-20(28-16)23-19(24)12-27-15-5-6-17-18(10-15)26-8-7-25-17/h1-6,10-11H,7-9,12H2,(H,22,23,24). The van der Waals surface area contributed by atoms with Crippen LogP contribution in [0.15, 0.2) is 53.6 Å². The van der Waals surface area contributed by atoms with Crippen LogP contribution in [0.2, 0.25) is 0 Å². The summed E-state index contributed by atoms with van der Waals surface area (Å²) in [7, 11) is 0. The number of carbonyl (C=O) groups is 1. The Morgan fingerprint density at radius 1 is 1.14 bits per heavy atom. The predicted octanol–water partition coefficient (Wildman–Crippen LogP) is 4.38. The Kier molecular flexibility index (Phi) is 5.78. The second kappa shape index (κ2) is 8.62. The van der Waals surface area contributed by atoms with Gasteiger partial charge in [-0.2, -0.15) is 0 Å². The third-order valence-electron chi connectivity index (χ3n) is 3.98. The van der Waals surface area contributed by atoms with Gasteiger partial charge in [0.15, 0.2) is 16.6 Å². The number of rotatable bonds is 6. The maximum Gasteiger partial charge on any atom is 0.236 e. The molecule has 0 fully saturated rings. The number of carbonyl (C=O) groups excluding carboxylic acids is 1. The number of halogens is 1. The van der Waals surface area contributed by atoms with Crippen molar-refractivity contribution in [1.82, 2.24) is 4.98 Å². The first-order valence-corrected chi connectivity index (χ1v) is 10.5. The number of hydrogen-bond acceptors (Lipinski definition) is 6. The summed E-state index contributed by atoms with van der Waals surface area (Å²) in [6.07, 6.45) is 2.39. The van der Waals surface area contributed by atoms with Crippen molar-refractivity contribution in [1.29, 1.82) is 0 Å². The number of amides is 1. The summed E-state index contributed by atoms with van der Waals surface area (Å²) in [5.74, 6) is 1.34. The first-order valence-electron chi connectivity index (χ1n) is 8.67. The average molecular weight is 416 g/mol. The zero-order valence-electron chi connectivity index (χ0n) is 14.8. The first kappa shape index (κ1) is 18.8. The van der Waals surface area contributed by atoms with E-state index in [4.69, 9.17) is 9.47 Å². The van der Waals surface area contributed by atoms with Gasteiger partial charge in [0.05, 0.1) is 5.75 Å². The van der Waals surface area contributed by atoms with Gasteiger partial charge in [-0.15, -0.1) is 23.1 Å². The van der Waals surface area contributed by atoms with Gasteiger partial charge in [-0.25, -0.2) is 9.37 Å². The van der Waals surface area contributed by atoms with E-state index in [9.17, 15) is 9.18 Å². The van der Waals surface area contributed by atoms with Crippen LogP contribution in [0, 0.1) is 5.82 Å². The van der Waals surface area contributed by atoms with Crippen molar-refractivity contribution < 1.29 is 18.7 Å². The van der Waals surface area contributed by atoms with Crippen LogP contribution in [-0.4, -0.2) is 29.9 Å². The van der Waals surface area contributed by atoms with Crippen LogP contribution in [0.1, 0.15) is 10.4 Å². The lowest BCUT2D eigenvalue weighted by Gasteiger charge is -2.18. The summed E-state index contributed by atoms with van der Waals surface area (Å²) in [6, 6.07) is 12.0. The Bertz CT molecular complexity index is 976. The number of aromatic nitrogens is 1. The number of anilines is 1. The smallest absolute Gasteiger partial charge is 0.236 e. The number of nitrogens with zero attached hydrogens (tertiary/aromatic N) is 1. The van der Waals surface area contributed by atoms with E-state index in [1.165, 1.54) is 35.2 Å². The van der Waals surface area contributed by atoms with E-state index in [2.05, 4.69) is 10.3 Å². The number of nitrogens with one attached hydrogen (secondary N) is 1. The minimum absolute atomic E-state index is 0.123. The topological polar surface area (TPSA) is 60.5 Å². The zero-order chi connectivity index (χ0) is 19.3. The number of fused-ring (bicyclic) bond motifs is 1. The van der Waals surface area contributed by atoms with Crippen LogP contribution in [0.4, 0.5) is 9.52 Å². The van der Waals surface area contributed by atoms with Gasteiger partial charge >= 0.3 is 0 Å². The lowest BCUT2D eigenvalue weighted by Crippen LogP contribution is -2.15. The molecule has 1 aliphatic rings. The van der Waals surface area contributed by atoms with E-state index in [1.54, 1.807) is 18.3 Å². The molecule has 2 heterocycles. The normalized spacial score (nSPS) is 12.6. The fraction of sp³-hybridized carbons (Fsp3) is 0.200. The highest BCUT2D eigenvalue weighted by atomic mass is 32.2. The van der Waals surface area contributed by atoms with Crippen molar-refractivity contribution in [2.75, 3.05) is 24.3 Å². The maximum absolute atomic E-state index is 13.0. The minimum Gasteiger partial charge on any atom is -0.486 e. The number of hydrogen-bond donors (Lipinski definition) is 1. The Morgan fingerprint density at radius 3 is 2.75 bits per heavy atom. The van der Waals surface area contributed by atoms with Gasteiger partial charge in [-0.05, 0) is 35.9 Å². The van der Waals surface area contributed by atoms with Crippen LogP contribution < -0.4 is 14.8 Å². The van der Waals surface area contributed by atoms with Gasteiger partial charge in [0.25, 0.3) is 0 Å². The summed E-state index contributed by atoms with van der Waals surface area (Å²) in [4.78, 5) is 18.4. The van der Waals surface area contributed by atoms with E-state index in [-0.39, 0.29) is 17.5 Å². The molecule has 1 amide bonds. The van der Waals surface area contributed by atoms with Crippen LogP contribution in [0.3, 0.4) is 0 Å². The fourth-order valence-corrected chi connectivity index (χ4v) is 4.26. The largest absolute Gasteiger partial charge is 0.486 e. The van der Waals surface area contributed by atoms with Crippen molar-refractivity contribution in [3.8, 4) is 11.5 Å². The summed E-state index contributed by atoms with van der Waals surface area (Å²) in [6.45, 7) is 1.09. The van der Waals surface area contributed by atoms with Crippen molar-refractivity contribution in [2.45, 2.75) is 11.3 Å². The highest BCUT2D eigenvalue weighted by Crippen LogP contribution is 2.34. The van der Waals surface area contributed by atoms with Gasteiger partial charge in [-0.1, -0.05) is 12.1 Å². The Morgan fingerprint density at radius 2 is 1.93 bits per heavy atom. The number of thiazole rings is 1. The number of benzene rings is 2. The highest BCUT2D eigenvalue weighted by Gasteiger charge is 2.13. The molecule has 0 saturated carbocycles. The number of ether oxygens (including phenoxy) is 2. The van der Waals surface area contributed by atoms with E-state index in [1.807, 2.05) is 18.2 Å². The molecule has 0 saturated heterocycles. The minimum atomic E-state index is -0.253. The third-order valence-corrected chi connectivity index (χ3v) is 5.88. The molecule has 28 heavy (non-hydrogen) atoms. The summed E-state index contributed by atoms with van der Waals surface area (Å²) in [5.41, 5.74) is 0.997. The SMILES string of the molecule is O=C(CSc1ccc2c(c1)OCCO2)Nc1ncc(Cc2ccc(F)cc2)s1. The van der Waals surface area contributed by atoms with Crippen molar-refractivity contribution >= 4 is 34.1 Å². The summed E-state index contributed by atoms with van der Waals surface area (Å²) >= 11 is 2.84. The lowest BCUT2D eigenvalue weighted by atomic mass is 10.1. The molecule has 1 aromatic heterocycles. The van der Waals surface area contributed by atoms with E-state index >= 15 is 0 Å². The lowest BCUT2D eigenvalue weighted by molar-refractivity contribution is -0.113. The van der Waals surface area contributed by atoms with Crippen LogP contribution in [0.25, 0.3) is 0 Å². The molecule has 0 radical (unpaired) electrons. The number of thioether (sulfide) groups is 1. The molecule has 4 rings (SSSR count). The second-order valence-electron chi connectivity index (χ2n) is 6.08. The zero-order valence-corrected chi connectivity index (χ0v) is 16.4. The molecule has 2 aromatic carbocycles. The van der Waals surface area contributed by atoms with Crippen LogP contribution in [0.5, 0.6) is 11.5 Å². The first-order chi connectivity index (χ1) is 13.7. The maximum atomic E-state index is 13.0.